The Morgan fingerprint density at radius 3 is 2.26 bits per heavy atom. The molecule has 4 rings (SSSR count). The van der Waals surface area contributed by atoms with Crippen molar-refractivity contribution >= 4 is 5.97 Å². The Morgan fingerprint density at radius 2 is 1.61 bits per heavy atom. The average molecular weight is 428 g/mol. The Hall–Kier alpha value is -3.32. The predicted octanol–water partition coefficient (Wildman–Crippen LogP) is 5.91. The molecule has 1 fully saturated rings. The van der Waals surface area contributed by atoms with E-state index in [4.69, 9.17) is 14.6 Å². The van der Waals surface area contributed by atoms with E-state index in [1.807, 2.05) is 12.1 Å². The topological polar surface area (TPSA) is 55.8 Å². The summed E-state index contributed by atoms with van der Waals surface area (Å²) < 4.78 is 52.5. The van der Waals surface area contributed by atoms with Gasteiger partial charge in [0.2, 0.25) is 0 Å². The molecule has 0 aliphatic heterocycles. The van der Waals surface area contributed by atoms with Gasteiger partial charge >= 0.3 is 5.97 Å². The van der Waals surface area contributed by atoms with E-state index in [0.29, 0.717) is 11.3 Å². The molecule has 1 saturated carbocycles. The van der Waals surface area contributed by atoms with Crippen molar-refractivity contribution in [2.24, 2.45) is 0 Å². The summed E-state index contributed by atoms with van der Waals surface area (Å²) in [5, 5.41) is 8.65. The van der Waals surface area contributed by atoms with E-state index in [1.165, 1.54) is 30.3 Å². The van der Waals surface area contributed by atoms with E-state index < -0.39 is 23.4 Å². The quantitative estimate of drug-likeness (QED) is 0.508. The van der Waals surface area contributed by atoms with Crippen LogP contribution in [0.2, 0.25) is 0 Å². The van der Waals surface area contributed by atoms with Crippen molar-refractivity contribution < 1.29 is 32.5 Å². The number of carbonyl (C=O) groups is 1. The molecule has 0 aromatic heterocycles. The number of halogens is 3. The highest BCUT2D eigenvalue weighted by Gasteiger charge is 2.31. The largest absolute Gasteiger partial charge is 0.480 e. The molecule has 4 nitrogen and oxygen atoms in total. The van der Waals surface area contributed by atoms with E-state index in [-0.39, 0.29) is 29.9 Å². The summed E-state index contributed by atoms with van der Waals surface area (Å²) in [5.41, 5.74) is 1.57. The van der Waals surface area contributed by atoms with Crippen LogP contribution in [-0.4, -0.2) is 23.8 Å². The molecule has 0 radical (unpaired) electrons. The van der Waals surface area contributed by atoms with Gasteiger partial charge in [0.15, 0.2) is 11.6 Å². The number of hydrogen-bond acceptors (Lipinski definition) is 3. The molecule has 1 aliphatic carbocycles. The standard InChI is InChI=1S/C24H19F3O4/c25-17-5-7-18(8-6-17)31-20-11-21(24(27)22(26)12-20)15-3-1-14(2-4-15)16-9-19(10-16)30-13-23(28)29/h1-8,11-12,16,19H,9-10,13H2,(H,28,29). The van der Waals surface area contributed by atoms with Gasteiger partial charge in [0.05, 0.1) is 6.10 Å². The van der Waals surface area contributed by atoms with Crippen molar-refractivity contribution in [2.45, 2.75) is 24.9 Å². The minimum atomic E-state index is -1.05. The third kappa shape index (κ3) is 4.88. The zero-order valence-corrected chi connectivity index (χ0v) is 16.4. The average Bonchev–Trinajstić information content (AvgIpc) is 2.71. The van der Waals surface area contributed by atoms with Crippen molar-refractivity contribution in [2.75, 3.05) is 6.61 Å². The summed E-state index contributed by atoms with van der Waals surface area (Å²) in [6.07, 6.45) is 1.36. The molecule has 0 atom stereocenters. The second kappa shape index (κ2) is 8.81. The van der Waals surface area contributed by atoms with Gasteiger partial charge in [0.1, 0.15) is 23.9 Å². The molecule has 31 heavy (non-hydrogen) atoms. The summed E-state index contributed by atoms with van der Waals surface area (Å²) >= 11 is 0. The van der Waals surface area contributed by atoms with Crippen molar-refractivity contribution in [1.29, 1.82) is 0 Å². The van der Waals surface area contributed by atoms with E-state index in [9.17, 15) is 18.0 Å². The van der Waals surface area contributed by atoms with Crippen LogP contribution in [0.25, 0.3) is 11.1 Å². The molecule has 3 aromatic rings. The molecule has 0 amide bonds. The van der Waals surface area contributed by atoms with Crippen LogP contribution in [0.4, 0.5) is 13.2 Å². The van der Waals surface area contributed by atoms with Gasteiger partial charge in [-0.15, -0.1) is 0 Å². The van der Waals surface area contributed by atoms with Crippen LogP contribution in [0.5, 0.6) is 11.5 Å². The third-order valence-electron chi connectivity index (χ3n) is 5.28. The molecule has 0 bridgehead atoms. The summed E-state index contributed by atoms with van der Waals surface area (Å²) in [6.45, 7) is -0.308. The Bertz CT molecular complexity index is 1080. The lowest BCUT2D eigenvalue weighted by atomic mass is 9.77. The smallest absolute Gasteiger partial charge is 0.329 e. The normalized spacial score (nSPS) is 17.8. The summed E-state index contributed by atoms with van der Waals surface area (Å²) in [7, 11) is 0. The lowest BCUT2D eigenvalue weighted by molar-refractivity contribution is -0.146. The SMILES string of the molecule is O=C(O)COC1CC(c2ccc(-c3cc(Oc4ccc(F)cc4)cc(F)c3F)cc2)C1. The molecule has 1 aliphatic rings. The number of benzene rings is 3. The van der Waals surface area contributed by atoms with Crippen LogP contribution in [0.1, 0.15) is 24.3 Å². The predicted molar refractivity (Wildman–Crippen MR) is 108 cm³/mol. The van der Waals surface area contributed by atoms with E-state index in [2.05, 4.69) is 0 Å². The number of rotatable bonds is 7. The second-order valence-electron chi connectivity index (χ2n) is 7.44. The fourth-order valence-corrected chi connectivity index (χ4v) is 3.57. The first kappa shape index (κ1) is 20.9. The van der Waals surface area contributed by atoms with Gasteiger partial charge in [-0.1, -0.05) is 24.3 Å². The fraction of sp³-hybridized carbons (Fsp3) is 0.208. The van der Waals surface area contributed by atoms with Crippen molar-refractivity contribution in [3.05, 3.63) is 83.7 Å². The first-order valence-electron chi connectivity index (χ1n) is 9.75. The van der Waals surface area contributed by atoms with Gasteiger partial charge < -0.3 is 14.6 Å². The lowest BCUT2D eigenvalue weighted by Crippen LogP contribution is -2.31. The fourth-order valence-electron chi connectivity index (χ4n) is 3.57. The lowest BCUT2D eigenvalue weighted by Gasteiger charge is -2.35. The van der Waals surface area contributed by atoms with E-state index >= 15 is 0 Å². The van der Waals surface area contributed by atoms with Crippen molar-refractivity contribution in [3.8, 4) is 22.6 Å². The maximum Gasteiger partial charge on any atom is 0.329 e. The Morgan fingerprint density at radius 1 is 0.935 bits per heavy atom. The minimum absolute atomic E-state index is 0.0555. The first-order chi connectivity index (χ1) is 14.9. The van der Waals surface area contributed by atoms with Crippen LogP contribution in [0, 0.1) is 17.5 Å². The van der Waals surface area contributed by atoms with Gasteiger partial charge in [-0.25, -0.2) is 18.0 Å². The van der Waals surface area contributed by atoms with Crippen molar-refractivity contribution in [3.63, 3.8) is 0 Å². The first-order valence-corrected chi connectivity index (χ1v) is 9.75. The van der Waals surface area contributed by atoms with Crippen LogP contribution in [0.15, 0.2) is 60.7 Å². The van der Waals surface area contributed by atoms with Gasteiger partial charge in [0, 0.05) is 11.6 Å². The zero-order valence-electron chi connectivity index (χ0n) is 16.4. The van der Waals surface area contributed by atoms with Crippen LogP contribution in [-0.2, 0) is 9.53 Å². The monoisotopic (exact) mass is 428 g/mol. The highest BCUT2D eigenvalue weighted by Crippen LogP contribution is 2.40. The van der Waals surface area contributed by atoms with Gasteiger partial charge in [0.25, 0.3) is 0 Å². The summed E-state index contributed by atoms with van der Waals surface area (Å²) in [6, 6.07) is 14.7. The molecule has 160 valence electrons. The minimum Gasteiger partial charge on any atom is -0.480 e. The van der Waals surface area contributed by atoms with Gasteiger partial charge in [-0.3, -0.25) is 0 Å². The third-order valence-corrected chi connectivity index (χ3v) is 5.28. The van der Waals surface area contributed by atoms with Gasteiger partial charge in [-0.05, 0) is 60.2 Å². The summed E-state index contributed by atoms with van der Waals surface area (Å²) in [4.78, 5) is 10.6. The van der Waals surface area contributed by atoms with E-state index in [1.54, 1.807) is 12.1 Å². The zero-order chi connectivity index (χ0) is 22.0. The van der Waals surface area contributed by atoms with Crippen LogP contribution < -0.4 is 4.74 Å². The summed E-state index contributed by atoms with van der Waals surface area (Å²) in [5.74, 6) is -2.80. The number of aliphatic carboxylic acids is 1. The van der Waals surface area contributed by atoms with E-state index in [0.717, 1.165) is 24.5 Å². The maximum atomic E-state index is 14.5. The van der Waals surface area contributed by atoms with Crippen molar-refractivity contribution in [1.82, 2.24) is 0 Å². The Kier molecular flexibility index (Phi) is 5.95. The molecule has 0 unspecified atom stereocenters. The maximum absolute atomic E-state index is 14.5. The number of carboxylic acids is 1. The second-order valence-corrected chi connectivity index (χ2v) is 7.44. The molecule has 0 heterocycles. The molecule has 0 saturated heterocycles. The highest BCUT2D eigenvalue weighted by atomic mass is 19.2. The van der Waals surface area contributed by atoms with Crippen LogP contribution >= 0.6 is 0 Å². The Balaban J connectivity index is 1.48. The molecule has 7 heteroatoms. The number of ether oxygens (including phenoxy) is 2. The molecular formula is C24H19F3O4. The highest BCUT2D eigenvalue weighted by molar-refractivity contribution is 5.68. The van der Waals surface area contributed by atoms with Gasteiger partial charge in [-0.2, -0.15) is 0 Å². The Labute approximate surface area is 176 Å². The molecule has 0 spiro atoms. The molecular weight excluding hydrogens is 409 g/mol. The number of carboxylic acid groups (broad SMARTS) is 1. The number of hydrogen-bond donors (Lipinski definition) is 1. The van der Waals surface area contributed by atoms with Crippen LogP contribution in [0.3, 0.4) is 0 Å². The molecule has 3 aromatic carbocycles. The molecule has 1 N–H and O–H groups in total.